The Morgan fingerprint density at radius 1 is 0.786 bits per heavy atom. The van der Waals surface area contributed by atoms with E-state index in [0.29, 0.717) is 19.8 Å². The SMILES string of the molecule is CCO[Si](CCCSC(O)(c1ccccc1)c1ccccc1)(OCC)OCC. The first kappa shape index (κ1) is 23.1. The van der Waals surface area contributed by atoms with E-state index in [1.807, 2.05) is 81.4 Å². The van der Waals surface area contributed by atoms with Crippen molar-refractivity contribution < 1.29 is 18.4 Å². The lowest BCUT2D eigenvalue weighted by Gasteiger charge is -2.30. The highest BCUT2D eigenvalue weighted by Crippen LogP contribution is 2.41. The van der Waals surface area contributed by atoms with Gasteiger partial charge in [-0.15, -0.1) is 11.8 Å². The third kappa shape index (κ3) is 6.17. The normalized spacial score (nSPS) is 12.3. The highest BCUT2D eigenvalue weighted by Gasteiger charge is 2.40. The van der Waals surface area contributed by atoms with Crippen molar-refractivity contribution in [3.8, 4) is 0 Å². The molecule has 2 aromatic carbocycles. The summed E-state index contributed by atoms with van der Waals surface area (Å²) in [6.45, 7) is 7.65. The van der Waals surface area contributed by atoms with Gasteiger partial charge in [0.05, 0.1) is 0 Å². The van der Waals surface area contributed by atoms with Gasteiger partial charge in [-0.25, -0.2) is 0 Å². The second-order valence-corrected chi connectivity index (χ2v) is 10.3. The molecule has 0 saturated carbocycles. The van der Waals surface area contributed by atoms with Gasteiger partial charge in [0, 0.05) is 25.9 Å². The van der Waals surface area contributed by atoms with E-state index in [0.717, 1.165) is 29.3 Å². The third-order valence-electron chi connectivity index (χ3n) is 4.36. The van der Waals surface area contributed by atoms with Crippen LogP contribution in [0.5, 0.6) is 0 Å². The molecule has 0 amide bonds. The topological polar surface area (TPSA) is 47.9 Å². The molecule has 2 aromatic rings. The van der Waals surface area contributed by atoms with Gasteiger partial charge in [-0.05, 0) is 44.1 Å². The molecule has 28 heavy (non-hydrogen) atoms. The van der Waals surface area contributed by atoms with Crippen LogP contribution in [0.4, 0.5) is 0 Å². The van der Waals surface area contributed by atoms with Gasteiger partial charge in [-0.3, -0.25) is 0 Å². The van der Waals surface area contributed by atoms with Crippen molar-refractivity contribution >= 4 is 20.6 Å². The molecule has 1 N–H and O–H groups in total. The number of benzene rings is 2. The lowest BCUT2D eigenvalue weighted by atomic mass is 10.0. The van der Waals surface area contributed by atoms with Crippen LogP contribution in [0.1, 0.15) is 38.3 Å². The summed E-state index contributed by atoms with van der Waals surface area (Å²) >= 11 is 1.54. The fourth-order valence-electron chi connectivity index (χ4n) is 3.17. The van der Waals surface area contributed by atoms with Gasteiger partial charge in [0.1, 0.15) is 0 Å². The smallest absolute Gasteiger partial charge is 0.374 e. The van der Waals surface area contributed by atoms with Crippen LogP contribution in [0.2, 0.25) is 6.04 Å². The summed E-state index contributed by atoms with van der Waals surface area (Å²) in [5.74, 6) is 0.766. The molecule has 0 aliphatic carbocycles. The van der Waals surface area contributed by atoms with Gasteiger partial charge >= 0.3 is 8.80 Å². The van der Waals surface area contributed by atoms with Gasteiger partial charge in [0.15, 0.2) is 4.93 Å². The third-order valence-corrected chi connectivity index (χ3v) is 8.89. The fraction of sp³-hybridized carbons (Fsp3) is 0.455. The summed E-state index contributed by atoms with van der Waals surface area (Å²) in [4.78, 5) is -1.09. The van der Waals surface area contributed by atoms with Crippen molar-refractivity contribution in [3.05, 3.63) is 71.8 Å². The minimum atomic E-state index is -2.65. The van der Waals surface area contributed by atoms with E-state index in [1.54, 1.807) is 0 Å². The Hall–Kier alpha value is -1.15. The molecule has 0 spiro atoms. The van der Waals surface area contributed by atoms with Crippen LogP contribution in [-0.2, 0) is 18.2 Å². The van der Waals surface area contributed by atoms with E-state index in [-0.39, 0.29) is 0 Å². The summed E-state index contributed by atoms with van der Waals surface area (Å²) in [5, 5.41) is 11.6. The van der Waals surface area contributed by atoms with Gasteiger partial charge in [0.2, 0.25) is 0 Å². The minimum Gasteiger partial charge on any atom is -0.374 e. The van der Waals surface area contributed by atoms with Gasteiger partial charge in [-0.1, -0.05) is 60.7 Å². The maximum Gasteiger partial charge on any atom is 0.500 e. The second kappa shape index (κ2) is 11.8. The summed E-state index contributed by atoms with van der Waals surface area (Å²) in [6.07, 6.45) is 0.846. The number of hydrogen-bond donors (Lipinski definition) is 1. The summed E-state index contributed by atoms with van der Waals surface area (Å²) in [5.41, 5.74) is 1.77. The van der Waals surface area contributed by atoms with Crippen molar-refractivity contribution in [1.82, 2.24) is 0 Å². The van der Waals surface area contributed by atoms with Crippen LogP contribution >= 0.6 is 11.8 Å². The minimum absolute atomic E-state index is 0.581. The molecule has 6 heteroatoms. The summed E-state index contributed by atoms with van der Waals surface area (Å²) < 4.78 is 17.8. The Morgan fingerprint density at radius 3 is 1.61 bits per heavy atom. The zero-order valence-electron chi connectivity index (χ0n) is 17.1. The number of rotatable bonds is 13. The molecule has 154 valence electrons. The van der Waals surface area contributed by atoms with Crippen molar-refractivity contribution in [2.75, 3.05) is 25.6 Å². The Morgan fingerprint density at radius 2 is 1.21 bits per heavy atom. The van der Waals surface area contributed by atoms with E-state index < -0.39 is 13.7 Å². The Balaban J connectivity index is 2.10. The lowest BCUT2D eigenvalue weighted by molar-refractivity contribution is 0.0712. The van der Waals surface area contributed by atoms with Crippen molar-refractivity contribution in [1.29, 1.82) is 0 Å². The van der Waals surface area contributed by atoms with E-state index in [4.69, 9.17) is 13.3 Å². The molecule has 0 unspecified atom stereocenters. The zero-order chi connectivity index (χ0) is 20.3. The highest BCUT2D eigenvalue weighted by atomic mass is 32.2. The zero-order valence-corrected chi connectivity index (χ0v) is 18.9. The Kier molecular flexibility index (Phi) is 9.71. The van der Waals surface area contributed by atoms with E-state index in [1.165, 1.54) is 11.8 Å². The number of aliphatic hydroxyl groups is 1. The molecular formula is C22H32O4SSi. The van der Waals surface area contributed by atoms with Crippen molar-refractivity contribution in [3.63, 3.8) is 0 Å². The van der Waals surface area contributed by atoms with Gasteiger partial charge in [0.25, 0.3) is 0 Å². The number of thioether (sulfide) groups is 1. The molecule has 2 rings (SSSR count). The molecule has 0 bridgehead atoms. The first-order valence-electron chi connectivity index (χ1n) is 9.99. The molecule has 0 atom stereocenters. The molecule has 0 saturated heterocycles. The first-order valence-corrected chi connectivity index (χ1v) is 12.9. The summed E-state index contributed by atoms with van der Waals surface area (Å²) in [6, 6.07) is 20.4. The molecule has 0 heterocycles. The monoisotopic (exact) mass is 420 g/mol. The van der Waals surface area contributed by atoms with Crippen molar-refractivity contribution in [2.24, 2.45) is 0 Å². The van der Waals surface area contributed by atoms with Crippen molar-refractivity contribution in [2.45, 2.75) is 38.2 Å². The van der Waals surface area contributed by atoms with Gasteiger partial charge < -0.3 is 18.4 Å². The lowest BCUT2D eigenvalue weighted by Crippen LogP contribution is -2.46. The predicted octanol–water partition coefficient (Wildman–Crippen LogP) is 5.05. The fourth-order valence-corrected chi connectivity index (χ4v) is 7.23. The largest absolute Gasteiger partial charge is 0.500 e. The molecule has 0 aliphatic rings. The van der Waals surface area contributed by atoms with Gasteiger partial charge in [-0.2, -0.15) is 0 Å². The van der Waals surface area contributed by atoms with E-state index >= 15 is 0 Å². The van der Waals surface area contributed by atoms with E-state index in [9.17, 15) is 5.11 Å². The first-order chi connectivity index (χ1) is 13.6. The molecule has 0 aliphatic heterocycles. The predicted molar refractivity (Wildman–Crippen MR) is 118 cm³/mol. The molecular weight excluding hydrogens is 388 g/mol. The molecule has 0 aromatic heterocycles. The van der Waals surface area contributed by atoms with Crippen LogP contribution in [0.25, 0.3) is 0 Å². The van der Waals surface area contributed by atoms with Crippen LogP contribution in [0.3, 0.4) is 0 Å². The maximum absolute atomic E-state index is 11.6. The quantitative estimate of drug-likeness (QED) is 0.279. The molecule has 4 nitrogen and oxygen atoms in total. The van der Waals surface area contributed by atoms with E-state index in [2.05, 4.69) is 0 Å². The van der Waals surface area contributed by atoms with Crippen LogP contribution in [0.15, 0.2) is 60.7 Å². The standard InChI is InChI=1S/C22H32O4SSi/c1-4-24-28(25-5-2,26-6-3)19-13-18-27-22(23,20-14-9-7-10-15-20)21-16-11-8-12-17-21/h7-12,14-17,23H,4-6,13,18-19H2,1-3H3. The Bertz CT molecular complexity index is 612. The average Bonchev–Trinajstić information content (AvgIpc) is 2.73. The number of hydrogen-bond acceptors (Lipinski definition) is 5. The second-order valence-electron chi connectivity index (χ2n) is 6.31. The Labute approximate surface area is 174 Å². The maximum atomic E-state index is 11.6. The van der Waals surface area contributed by atoms with Crippen LogP contribution in [-0.4, -0.2) is 39.5 Å². The molecule has 0 radical (unpaired) electrons. The molecule has 0 fully saturated rings. The van der Waals surface area contributed by atoms with Crippen LogP contribution < -0.4 is 0 Å². The van der Waals surface area contributed by atoms with Crippen LogP contribution in [0, 0.1) is 0 Å². The average molecular weight is 421 g/mol. The summed E-state index contributed by atoms with van der Waals surface area (Å²) in [7, 11) is -2.65. The highest BCUT2D eigenvalue weighted by molar-refractivity contribution is 8.00.